The first-order valence-corrected chi connectivity index (χ1v) is 8.85. The summed E-state index contributed by atoms with van der Waals surface area (Å²) in [6.45, 7) is 8.96. The van der Waals surface area contributed by atoms with Crippen LogP contribution in [0.25, 0.3) is 0 Å². The van der Waals surface area contributed by atoms with E-state index in [1.54, 1.807) is 0 Å². The maximum absolute atomic E-state index is 5.80. The number of piperidine rings is 2. The summed E-state index contributed by atoms with van der Waals surface area (Å²) < 4.78 is 0. The summed E-state index contributed by atoms with van der Waals surface area (Å²) in [5.41, 5.74) is 0. The summed E-state index contributed by atoms with van der Waals surface area (Å²) in [5, 5.41) is 0. The first-order chi connectivity index (χ1) is 9.29. The van der Waals surface area contributed by atoms with Crippen molar-refractivity contribution in [1.29, 1.82) is 0 Å². The molecular formula is C16H31ClN2. The highest BCUT2D eigenvalue weighted by Crippen LogP contribution is 2.21. The molecule has 2 heterocycles. The van der Waals surface area contributed by atoms with Crippen molar-refractivity contribution in [3.63, 3.8) is 0 Å². The van der Waals surface area contributed by atoms with Gasteiger partial charge in [0.1, 0.15) is 0 Å². The minimum Gasteiger partial charge on any atom is -0.303 e. The second-order valence-electron chi connectivity index (χ2n) is 6.54. The molecule has 2 rings (SSSR count). The molecule has 0 N–H and O–H groups in total. The van der Waals surface area contributed by atoms with Crippen LogP contribution in [0.3, 0.4) is 0 Å². The maximum atomic E-state index is 5.80. The van der Waals surface area contributed by atoms with Gasteiger partial charge in [0.05, 0.1) is 0 Å². The quantitative estimate of drug-likeness (QED) is 0.689. The van der Waals surface area contributed by atoms with E-state index in [9.17, 15) is 0 Å². The molecule has 0 bridgehead atoms. The molecule has 3 heteroatoms. The van der Waals surface area contributed by atoms with Crippen LogP contribution in [-0.2, 0) is 0 Å². The zero-order chi connectivity index (χ0) is 13.5. The van der Waals surface area contributed by atoms with Crippen LogP contribution in [0, 0.1) is 5.92 Å². The molecule has 112 valence electrons. The minimum absolute atomic E-state index is 0.789. The Morgan fingerprint density at radius 2 is 1.68 bits per heavy atom. The number of rotatable bonds is 6. The van der Waals surface area contributed by atoms with Gasteiger partial charge < -0.3 is 9.80 Å². The first-order valence-electron chi connectivity index (χ1n) is 8.32. The maximum Gasteiger partial charge on any atom is 0.0225 e. The van der Waals surface area contributed by atoms with E-state index >= 15 is 0 Å². The lowest BCUT2D eigenvalue weighted by Gasteiger charge is -2.40. The predicted molar refractivity (Wildman–Crippen MR) is 84.0 cm³/mol. The third kappa shape index (κ3) is 5.24. The van der Waals surface area contributed by atoms with Gasteiger partial charge >= 0.3 is 0 Å². The molecule has 0 aromatic carbocycles. The van der Waals surface area contributed by atoms with E-state index in [-0.39, 0.29) is 0 Å². The molecule has 1 atom stereocenters. The van der Waals surface area contributed by atoms with Crippen molar-refractivity contribution in [2.24, 2.45) is 5.92 Å². The van der Waals surface area contributed by atoms with Crippen LogP contribution in [0.4, 0.5) is 0 Å². The summed E-state index contributed by atoms with van der Waals surface area (Å²) in [7, 11) is 0. The fourth-order valence-electron chi connectivity index (χ4n) is 3.53. The monoisotopic (exact) mass is 286 g/mol. The predicted octanol–water partition coefficient (Wildman–Crippen LogP) is 3.59. The van der Waals surface area contributed by atoms with E-state index in [4.69, 9.17) is 11.6 Å². The molecule has 0 aliphatic carbocycles. The smallest absolute Gasteiger partial charge is 0.0225 e. The Morgan fingerprint density at radius 1 is 1.00 bits per heavy atom. The Morgan fingerprint density at radius 3 is 2.32 bits per heavy atom. The molecule has 0 radical (unpaired) electrons. The highest BCUT2D eigenvalue weighted by molar-refractivity contribution is 6.17. The Balaban J connectivity index is 1.62. The number of likely N-dealkylation sites (tertiary alicyclic amines) is 2. The van der Waals surface area contributed by atoms with Crippen LogP contribution in [0.1, 0.15) is 51.9 Å². The van der Waals surface area contributed by atoms with Crippen LogP contribution in [0.15, 0.2) is 0 Å². The number of alkyl halides is 1. The van der Waals surface area contributed by atoms with Gasteiger partial charge in [0.15, 0.2) is 0 Å². The van der Waals surface area contributed by atoms with Crippen molar-refractivity contribution in [1.82, 2.24) is 9.80 Å². The summed E-state index contributed by atoms with van der Waals surface area (Å²) in [6.07, 6.45) is 9.58. The van der Waals surface area contributed by atoms with Crippen LogP contribution in [-0.4, -0.2) is 54.4 Å². The van der Waals surface area contributed by atoms with Crippen molar-refractivity contribution in [3.8, 4) is 0 Å². The van der Waals surface area contributed by atoms with Crippen LogP contribution in [0.2, 0.25) is 0 Å². The zero-order valence-corrected chi connectivity index (χ0v) is 13.4. The third-order valence-corrected chi connectivity index (χ3v) is 5.22. The second kappa shape index (κ2) is 8.49. The van der Waals surface area contributed by atoms with Crippen molar-refractivity contribution in [2.75, 3.05) is 38.6 Å². The lowest BCUT2D eigenvalue weighted by Crippen LogP contribution is -2.46. The fourth-order valence-corrected chi connectivity index (χ4v) is 3.90. The summed E-state index contributed by atoms with van der Waals surface area (Å²) in [4.78, 5) is 5.43. The Labute approximate surface area is 124 Å². The van der Waals surface area contributed by atoms with E-state index in [1.165, 1.54) is 77.7 Å². The van der Waals surface area contributed by atoms with Gasteiger partial charge in [-0.15, -0.1) is 11.6 Å². The number of hydrogen-bond donors (Lipinski definition) is 0. The molecule has 2 saturated heterocycles. The largest absolute Gasteiger partial charge is 0.303 e. The van der Waals surface area contributed by atoms with Gasteiger partial charge in [0.25, 0.3) is 0 Å². The van der Waals surface area contributed by atoms with E-state index in [0.29, 0.717) is 0 Å². The average molecular weight is 287 g/mol. The minimum atomic E-state index is 0.789. The SMILES string of the molecule is CC(CCCl)CCN1CCC(N2CCCCC2)CC1. The van der Waals surface area contributed by atoms with Gasteiger partial charge in [-0.25, -0.2) is 0 Å². The van der Waals surface area contributed by atoms with E-state index in [0.717, 1.165) is 17.8 Å². The molecule has 0 aromatic heterocycles. The molecule has 0 spiro atoms. The third-order valence-electron chi connectivity index (χ3n) is 5.00. The molecule has 1 unspecified atom stereocenters. The van der Waals surface area contributed by atoms with Crippen molar-refractivity contribution < 1.29 is 0 Å². The Kier molecular flexibility index (Phi) is 6.97. The molecular weight excluding hydrogens is 256 g/mol. The Bertz CT molecular complexity index is 233. The van der Waals surface area contributed by atoms with Crippen LogP contribution in [0.5, 0.6) is 0 Å². The molecule has 0 saturated carbocycles. The topological polar surface area (TPSA) is 6.48 Å². The van der Waals surface area contributed by atoms with Crippen molar-refractivity contribution in [3.05, 3.63) is 0 Å². The lowest BCUT2D eigenvalue weighted by molar-refractivity contribution is 0.0902. The Hall–Kier alpha value is 0.210. The number of halogens is 1. The molecule has 2 nitrogen and oxygen atoms in total. The van der Waals surface area contributed by atoms with Gasteiger partial charge in [0.2, 0.25) is 0 Å². The van der Waals surface area contributed by atoms with Gasteiger partial charge in [0, 0.05) is 11.9 Å². The van der Waals surface area contributed by atoms with Gasteiger partial charge in [-0.3, -0.25) is 0 Å². The van der Waals surface area contributed by atoms with Crippen molar-refractivity contribution >= 4 is 11.6 Å². The number of hydrogen-bond acceptors (Lipinski definition) is 2. The summed E-state index contributed by atoms with van der Waals surface area (Å²) >= 11 is 5.80. The molecule has 2 fully saturated rings. The van der Waals surface area contributed by atoms with Gasteiger partial charge in [-0.05, 0) is 77.2 Å². The van der Waals surface area contributed by atoms with Crippen LogP contribution >= 0.6 is 11.6 Å². The fraction of sp³-hybridized carbons (Fsp3) is 1.00. The number of nitrogens with zero attached hydrogens (tertiary/aromatic N) is 2. The van der Waals surface area contributed by atoms with Crippen LogP contribution < -0.4 is 0 Å². The lowest BCUT2D eigenvalue weighted by atomic mass is 9.99. The summed E-state index contributed by atoms with van der Waals surface area (Å²) in [6, 6.07) is 0.886. The van der Waals surface area contributed by atoms with E-state index < -0.39 is 0 Å². The molecule has 2 aliphatic rings. The highest BCUT2D eigenvalue weighted by atomic mass is 35.5. The summed E-state index contributed by atoms with van der Waals surface area (Å²) in [5.74, 6) is 1.61. The standard InChI is InChI=1S/C16H31ClN2/c1-15(5-9-17)6-12-18-13-7-16(8-14-18)19-10-3-2-4-11-19/h15-16H,2-14H2,1H3. The normalized spacial score (nSPS) is 25.6. The average Bonchev–Trinajstić information content (AvgIpc) is 2.47. The molecule has 19 heavy (non-hydrogen) atoms. The highest BCUT2D eigenvalue weighted by Gasteiger charge is 2.25. The van der Waals surface area contributed by atoms with Gasteiger partial charge in [-0.2, -0.15) is 0 Å². The molecule has 0 amide bonds. The van der Waals surface area contributed by atoms with Gasteiger partial charge in [-0.1, -0.05) is 13.3 Å². The first kappa shape index (κ1) is 15.6. The van der Waals surface area contributed by atoms with Crippen molar-refractivity contribution in [2.45, 2.75) is 57.9 Å². The molecule has 2 aliphatic heterocycles. The second-order valence-corrected chi connectivity index (χ2v) is 6.92. The van der Waals surface area contributed by atoms with E-state index in [1.807, 2.05) is 0 Å². The zero-order valence-electron chi connectivity index (χ0n) is 12.6. The van der Waals surface area contributed by atoms with E-state index in [2.05, 4.69) is 16.7 Å². The molecule has 0 aromatic rings.